The number of nitrogens with one attached hydrogen (secondary N) is 1. The number of nitrogens with two attached hydrogens (primary N) is 3. The molecule has 2 amide bonds. The van der Waals surface area contributed by atoms with E-state index < -0.39 is 11.8 Å². The zero-order valence-corrected chi connectivity index (χ0v) is 7.13. The number of rotatable bonds is 0. The van der Waals surface area contributed by atoms with Gasteiger partial charge >= 0.3 is 0 Å². The molecule has 0 unspecified atom stereocenters. The van der Waals surface area contributed by atoms with Crippen LogP contribution in [-0.4, -0.2) is 11.8 Å². The molecule has 7 N–H and O–H groups in total. The lowest BCUT2D eigenvalue weighted by atomic mass is 10.0. The minimum atomic E-state index is -0.533. The van der Waals surface area contributed by atoms with Gasteiger partial charge in [0.05, 0.1) is 28.2 Å². The van der Waals surface area contributed by atoms with Gasteiger partial charge in [-0.05, 0) is 6.07 Å². The molecule has 14 heavy (non-hydrogen) atoms. The Kier molecular flexibility index (Phi) is 1.42. The molecule has 0 radical (unpaired) electrons. The zero-order valence-electron chi connectivity index (χ0n) is 7.13. The van der Waals surface area contributed by atoms with Gasteiger partial charge in [-0.3, -0.25) is 14.9 Å². The van der Waals surface area contributed by atoms with Crippen LogP contribution in [-0.2, 0) is 0 Å². The van der Waals surface area contributed by atoms with Gasteiger partial charge in [0.2, 0.25) is 0 Å². The number of fused-ring (bicyclic) bond motifs is 1. The van der Waals surface area contributed by atoms with E-state index in [0.29, 0.717) is 0 Å². The Hall–Kier alpha value is -2.24. The third kappa shape index (κ3) is 0.846. The minimum absolute atomic E-state index is 0.0587. The van der Waals surface area contributed by atoms with Crippen LogP contribution in [0.1, 0.15) is 20.7 Å². The molecule has 0 atom stereocenters. The molecule has 0 fully saturated rings. The quantitative estimate of drug-likeness (QED) is 0.320. The average molecular weight is 192 g/mol. The van der Waals surface area contributed by atoms with Crippen LogP contribution in [0.25, 0.3) is 0 Å². The topological polar surface area (TPSA) is 124 Å². The zero-order chi connectivity index (χ0) is 10.5. The summed E-state index contributed by atoms with van der Waals surface area (Å²) >= 11 is 0. The van der Waals surface area contributed by atoms with Crippen LogP contribution in [0.5, 0.6) is 0 Å². The SMILES string of the molecule is Nc1cc2c(c(N)c1N)C(=O)NC2=O. The van der Waals surface area contributed by atoms with Crippen LogP contribution in [0.4, 0.5) is 17.1 Å². The van der Waals surface area contributed by atoms with Gasteiger partial charge in [0.25, 0.3) is 11.8 Å². The molecule has 0 saturated carbocycles. The van der Waals surface area contributed by atoms with E-state index in [9.17, 15) is 9.59 Å². The van der Waals surface area contributed by atoms with E-state index in [1.165, 1.54) is 6.07 Å². The van der Waals surface area contributed by atoms with E-state index in [1.807, 2.05) is 0 Å². The van der Waals surface area contributed by atoms with Crippen molar-refractivity contribution >= 4 is 28.9 Å². The summed E-state index contributed by atoms with van der Waals surface area (Å²) in [6, 6.07) is 1.35. The lowest BCUT2D eigenvalue weighted by Crippen LogP contribution is -2.20. The molecule has 0 spiro atoms. The third-order valence-electron chi connectivity index (χ3n) is 2.14. The first-order valence-corrected chi connectivity index (χ1v) is 3.85. The predicted molar refractivity (Wildman–Crippen MR) is 51.5 cm³/mol. The second kappa shape index (κ2) is 2.38. The van der Waals surface area contributed by atoms with E-state index in [0.717, 1.165) is 0 Å². The van der Waals surface area contributed by atoms with Crippen LogP contribution in [0.15, 0.2) is 6.07 Å². The van der Waals surface area contributed by atoms with Crippen molar-refractivity contribution in [3.63, 3.8) is 0 Å². The standard InChI is InChI=1S/C8H8N4O2/c9-3-1-2-4(6(11)5(3)10)8(14)12-7(2)13/h1H,9-11H2,(H,12,13,14). The average Bonchev–Trinajstić information content (AvgIpc) is 2.38. The van der Waals surface area contributed by atoms with Gasteiger partial charge < -0.3 is 17.2 Å². The lowest BCUT2D eigenvalue weighted by Gasteiger charge is -2.06. The van der Waals surface area contributed by atoms with Crippen molar-refractivity contribution in [2.24, 2.45) is 0 Å². The lowest BCUT2D eigenvalue weighted by molar-refractivity contribution is 0.0880. The van der Waals surface area contributed by atoms with Gasteiger partial charge in [0.15, 0.2) is 0 Å². The van der Waals surface area contributed by atoms with Gasteiger partial charge in [0, 0.05) is 0 Å². The van der Waals surface area contributed by atoms with Gasteiger partial charge in [-0.2, -0.15) is 0 Å². The second-order valence-corrected chi connectivity index (χ2v) is 3.00. The van der Waals surface area contributed by atoms with Crippen molar-refractivity contribution in [3.05, 3.63) is 17.2 Å². The predicted octanol–water partition coefficient (Wildman–Crippen LogP) is -0.683. The van der Waals surface area contributed by atoms with E-state index >= 15 is 0 Å². The van der Waals surface area contributed by atoms with Crippen LogP contribution < -0.4 is 22.5 Å². The Balaban J connectivity index is 2.82. The maximum absolute atomic E-state index is 11.3. The number of imide groups is 1. The van der Waals surface area contributed by atoms with Gasteiger partial charge in [-0.1, -0.05) is 0 Å². The normalized spacial score (nSPS) is 14.0. The molecular weight excluding hydrogens is 184 g/mol. The molecule has 2 rings (SSSR count). The highest BCUT2D eigenvalue weighted by molar-refractivity contribution is 6.25. The Morgan fingerprint density at radius 2 is 1.64 bits per heavy atom. The van der Waals surface area contributed by atoms with Crippen molar-refractivity contribution in [1.29, 1.82) is 0 Å². The van der Waals surface area contributed by atoms with E-state index in [-0.39, 0.29) is 28.2 Å². The molecule has 0 saturated heterocycles. The maximum Gasteiger partial charge on any atom is 0.261 e. The number of hydrogen-bond acceptors (Lipinski definition) is 5. The molecule has 0 aliphatic carbocycles. The molecule has 1 aromatic rings. The Labute approximate surface area is 79.0 Å². The molecule has 6 nitrogen and oxygen atoms in total. The van der Waals surface area contributed by atoms with Crippen molar-refractivity contribution in [2.75, 3.05) is 17.2 Å². The van der Waals surface area contributed by atoms with Crippen molar-refractivity contribution in [3.8, 4) is 0 Å². The summed E-state index contributed by atoms with van der Waals surface area (Å²) in [4.78, 5) is 22.5. The Morgan fingerprint density at radius 1 is 1.00 bits per heavy atom. The van der Waals surface area contributed by atoms with Gasteiger partial charge in [0.1, 0.15) is 0 Å². The fourth-order valence-corrected chi connectivity index (χ4v) is 1.40. The molecular formula is C8H8N4O2. The molecule has 1 heterocycles. The maximum atomic E-state index is 11.3. The third-order valence-corrected chi connectivity index (χ3v) is 2.14. The molecule has 0 aromatic heterocycles. The molecule has 1 aromatic carbocycles. The Bertz CT molecular complexity index is 467. The van der Waals surface area contributed by atoms with Crippen LogP contribution in [0.3, 0.4) is 0 Å². The number of nitrogen functional groups attached to an aromatic ring is 3. The molecule has 1 aliphatic rings. The van der Waals surface area contributed by atoms with Crippen molar-refractivity contribution in [1.82, 2.24) is 5.32 Å². The van der Waals surface area contributed by atoms with Crippen LogP contribution in [0.2, 0.25) is 0 Å². The van der Waals surface area contributed by atoms with Gasteiger partial charge in [-0.25, -0.2) is 0 Å². The highest BCUT2D eigenvalue weighted by atomic mass is 16.2. The number of carbonyl (C=O) groups is 2. The summed E-state index contributed by atoms with van der Waals surface area (Å²) in [5, 5.41) is 2.11. The Morgan fingerprint density at radius 3 is 2.29 bits per heavy atom. The summed E-state index contributed by atoms with van der Waals surface area (Å²) in [6.45, 7) is 0. The second-order valence-electron chi connectivity index (χ2n) is 3.00. The summed E-state index contributed by atoms with van der Waals surface area (Å²) in [7, 11) is 0. The van der Waals surface area contributed by atoms with Crippen molar-refractivity contribution in [2.45, 2.75) is 0 Å². The number of carbonyl (C=O) groups excluding carboxylic acids is 2. The monoisotopic (exact) mass is 192 g/mol. The minimum Gasteiger partial charge on any atom is -0.397 e. The molecule has 1 aliphatic heterocycles. The fourth-order valence-electron chi connectivity index (χ4n) is 1.40. The van der Waals surface area contributed by atoms with Crippen LogP contribution in [0, 0.1) is 0 Å². The first kappa shape index (κ1) is 8.36. The molecule has 6 heteroatoms. The number of benzene rings is 1. The summed E-state index contributed by atoms with van der Waals surface area (Å²) in [6.07, 6.45) is 0. The smallest absolute Gasteiger partial charge is 0.261 e. The van der Waals surface area contributed by atoms with Crippen molar-refractivity contribution < 1.29 is 9.59 Å². The fraction of sp³-hybridized carbons (Fsp3) is 0. The summed E-state index contributed by atoms with van der Waals surface area (Å²) in [5.74, 6) is -1.03. The first-order chi connectivity index (χ1) is 6.52. The van der Waals surface area contributed by atoms with E-state index in [1.54, 1.807) is 0 Å². The largest absolute Gasteiger partial charge is 0.397 e. The highest BCUT2D eigenvalue weighted by Gasteiger charge is 2.30. The van der Waals surface area contributed by atoms with E-state index in [4.69, 9.17) is 17.2 Å². The number of amides is 2. The van der Waals surface area contributed by atoms with Gasteiger partial charge in [-0.15, -0.1) is 0 Å². The van der Waals surface area contributed by atoms with Crippen LogP contribution >= 0.6 is 0 Å². The molecule has 72 valence electrons. The summed E-state index contributed by atoms with van der Waals surface area (Å²) in [5.41, 5.74) is 17.3. The highest BCUT2D eigenvalue weighted by Crippen LogP contribution is 2.32. The molecule has 0 bridgehead atoms. The number of anilines is 3. The van der Waals surface area contributed by atoms with E-state index in [2.05, 4.69) is 5.32 Å². The first-order valence-electron chi connectivity index (χ1n) is 3.85. The number of hydrogen-bond donors (Lipinski definition) is 4. The summed E-state index contributed by atoms with van der Waals surface area (Å²) < 4.78 is 0.